The van der Waals surface area contributed by atoms with E-state index >= 15 is 0 Å². The van der Waals surface area contributed by atoms with Gasteiger partial charge in [0.25, 0.3) is 0 Å². The molecule has 1 aromatic carbocycles. The molecular weight excluding hydrogens is 368 g/mol. The second-order valence-corrected chi connectivity index (χ2v) is 8.14. The van der Waals surface area contributed by atoms with Gasteiger partial charge in [0.2, 0.25) is 0 Å². The number of halogens is 1. The molecule has 0 spiro atoms. The maximum Gasteiger partial charge on any atom is 0.407 e. The Hall–Kier alpha value is -1.34. The number of alkyl carbamates (subject to hydrolysis) is 1. The number of rotatable bonds is 4. The van der Waals surface area contributed by atoms with Gasteiger partial charge in [-0.05, 0) is 61.3 Å². The summed E-state index contributed by atoms with van der Waals surface area (Å²) in [5.74, 6) is 0.770. The van der Waals surface area contributed by atoms with Crippen LogP contribution in [-0.2, 0) is 4.74 Å². The van der Waals surface area contributed by atoms with Crippen LogP contribution in [0.15, 0.2) is 16.0 Å². The van der Waals surface area contributed by atoms with Crippen LogP contribution in [0.1, 0.15) is 26.3 Å². The first-order chi connectivity index (χ1) is 10.2. The number of hydrogen-bond acceptors (Lipinski definition) is 5. The fraction of sp³-hybridized carbons (Fsp3) is 0.467. The number of ether oxygens (including phenoxy) is 2. The minimum Gasteiger partial charge on any atom is -0.492 e. The molecule has 0 atom stereocenters. The van der Waals surface area contributed by atoms with Crippen molar-refractivity contribution in [3.8, 4) is 5.75 Å². The molecular formula is C15H19BrN2O3S. The zero-order valence-electron chi connectivity index (χ0n) is 13.0. The van der Waals surface area contributed by atoms with Crippen molar-refractivity contribution in [3.05, 3.63) is 21.6 Å². The Labute approximate surface area is 142 Å². The highest BCUT2D eigenvalue weighted by Crippen LogP contribution is 2.31. The van der Waals surface area contributed by atoms with E-state index in [1.54, 1.807) is 11.3 Å². The number of carbonyl (C=O) groups is 1. The maximum absolute atomic E-state index is 11.5. The van der Waals surface area contributed by atoms with Crippen molar-refractivity contribution in [1.29, 1.82) is 0 Å². The third kappa shape index (κ3) is 4.84. The molecule has 1 amide bonds. The predicted octanol–water partition coefficient (Wildman–Crippen LogP) is 4.27. The molecule has 0 unspecified atom stereocenters. The highest BCUT2D eigenvalue weighted by atomic mass is 79.9. The molecule has 1 heterocycles. The second-order valence-electron chi connectivity index (χ2n) is 5.83. The Kier molecular flexibility index (Phi) is 5.28. The van der Waals surface area contributed by atoms with Crippen LogP contribution < -0.4 is 10.1 Å². The fourth-order valence-electron chi connectivity index (χ4n) is 1.86. The molecule has 0 radical (unpaired) electrons. The number of benzene rings is 1. The number of aromatic nitrogens is 1. The summed E-state index contributed by atoms with van der Waals surface area (Å²) in [5, 5.41) is 2.66. The maximum atomic E-state index is 11.5. The first kappa shape index (κ1) is 17.0. The lowest BCUT2D eigenvalue weighted by atomic mass is 10.2. The normalized spacial score (nSPS) is 11.5. The van der Waals surface area contributed by atoms with Gasteiger partial charge in [0.15, 0.2) is 3.92 Å². The molecule has 5 nitrogen and oxygen atoms in total. The minimum atomic E-state index is -0.493. The molecule has 22 heavy (non-hydrogen) atoms. The second kappa shape index (κ2) is 6.83. The average molecular weight is 387 g/mol. The molecule has 0 aliphatic heterocycles. The van der Waals surface area contributed by atoms with Crippen LogP contribution in [-0.4, -0.2) is 29.8 Å². The van der Waals surface area contributed by atoms with E-state index in [0.29, 0.717) is 13.2 Å². The Morgan fingerprint density at radius 1 is 1.41 bits per heavy atom. The summed E-state index contributed by atoms with van der Waals surface area (Å²) in [7, 11) is 0. The zero-order valence-corrected chi connectivity index (χ0v) is 15.4. The molecule has 120 valence electrons. The number of thiazole rings is 1. The van der Waals surface area contributed by atoms with Crippen molar-refractivity contribution < 1.29 is 14.3 Å². The van der Waals surface area contributed by atoms with Crippen LogP contribution in [0.2, 0.25) is 0 Å². The Balaban J connectivity index is 1.86. The van der Waals surface area contributed by atoms with Crippen LogP contribution in [0, 0.1) is 6.92 Å². The molecule has 7 heteroatoms. The van der Waals surface area contributed by atoms with E-state index in [4.69, 9.17) is 9.47 Å². The summed E-state index contributed by atoms with van der Waals surface area (Å²) >= 11 is 4.96. The van der Waals surface area contributed by atoms with Crippen molar-refractivity contribution in [2.24, 2.45) is 0 Å². The number of nitrogens with zero attached hydrogens (tertiary/aromatic N) is 1. The first-order valence-corrected chi connectivity index (χ1v) is 8.52. The molecule has 0 aliphatic carbocycles. The summed E-state index contributed by atoms with van der Waals surface area (Å²) in [6.07, 6.45) is -0.436. The van der Waals surface area contributed by atoms with Crippen LogP contribution in [0.5, 0.6) is 5.75 Å². The van der Waals surface area contributed by atoms with Gasteiger partial charge in [0.1, 0.15) is 18.0 Å². The molecule has 1 aromatic heterocycles. The topological polar surface area (TPSA) is 60.5 Å². The number of fused-ring (bicyclic) bond motifs is 1. The lowest BCUT2D eigenvalue weighted by Crippen LogP contribution is -2.34. The first-order valence-electron chi connectivity index (χ1n) is 6.91. The summed E-state index contributed by atoms with van der Waals surface area (Å²) in [5.41, 5.74) is 1.55. The summed E-state index contributed by atoms with van der Waals surface area (Å²) in [6.45, 7) is 8.25. The van der Waals surface area contributed by atoms with Crippen molar-refractivity contribution in [1.82, 2.24) is 10.3 Å². The smallest absolute Gasteiger partial charge is 0.407 e. The van der Waals surface area contributed by atoms with Crippen LogP contribution in [0.4, 0.5) is 4.79 Å². The van der Waals surface area contributed by atoms with Crippen molar-refractivity contribution in [3.63, 3.8) is 0 Å². The standard InChI is InChI=1S/C15H19BrN2O3S/c1-9-7-10(8-11-12(9)18-13(16)22-11)20-6-5-17-14(19)21-15(2,3)4/h7-8H,5-6H2,1-4H3,(H,17,19). The van der Waals surface area contributed by atoms with Gasteiger partial charge in [-0.3, -0.25) is 0 Å². The van der Waals surface area contributed by atoms with Crippen LogP contribution in [0.3, 0.4) is 0 Å². The summed E-state index contributed by atoms with van der Waals surface area (Å²) in [4.78, 5) is 15.9. The number of carbonyl (C=O) groups excluding carboxylic acids is 1. The summed E-state index contributed by atoms with van der Waals surface area (Å²) < 4.78 is 12.8. The van der Waals surface area contributed by atoms with E-state index in [-0.39, 0.29) is 0 Å². The van der Waals surface area contributed by atoms with E-state index in [9.17, 15) is 4.79 Å². The lowest BCUT2D eigenvalue weighted by Gasteiger charge is -2.19. The molecule has 1 N–H and O–H groups in total. The third-order valence-electron chi connectivity index (χ3n) is 2.67. The van der Waals surface area contributed by atoms with E-state index in [0.717, 1.165) is 25.4 Å². The molecule has 0 saturated heterocycles. The van der Waals surface area contributed by atoms with Gasteiger partial charge >= 0.3 is 6.09 Å². The van der Waals surface area contributed by atoms with E-state index in [2.05, 4.69) is 26.2 Å². The summed E-state index contributed by atoms with van der Waals surface area (Å²) in [6, 6.07) is 3.90. The highest BCUT2D eigenvalue weighted by Gasteiger charge is 2.15. The Morgan fingerprint density at radius 2 is 2.14 bits per heavy atom. The third-order valence-corrected chi connectivity index (χ3v) is 4.13. The van der Waals surface area contributed by atoms with Gasteiger partial charge < -0.3 is 14.8 Å². The van der Waals surface area contributed by atoms with Gasteiger partial charge in [-0.25, -0.2) is 9.78 Å². The van der Waals surface area contributed by atoms with Crippen LogP contribution in [0.25, 0.3) is 10.2 Å². The van der Waals surface area contributed by atoms with Crippen LogP contribution >= 0.6 is 27.3 Å². The lowest BCUT2D eigenvalue weighted by molar-refractivity contribution is 0.0520. The largest absolute Gasteiger partial charge is 0.492 e. The number of amides is 1. The Morgan fingerprint density at radius 3 is 2.82 bits per heavy atom. The van der Waals surface area contributed by atoms with Gasteiger partial charge in [-0.2, -0.15) is 0 Å². The molecule has 0 bridgehead atoms. The predicted molar refractivity (Wildman–Crippen MR) is 91.8 cm³/mol. The van der Waals surface area contributed by atoms with Gasteiger partial charge in [0, 0.05) is 0 Å². The molecule has 0 saturated carbocycles. The Bertz CT molecular complexity index is 679. The fourth-order valence-corrected chi connectivity index (χ4v) is 3.35. The van der Waals surface area contributed by atoms with E-state index < -0.39 is 11.7 Å². The number of nitrogens with one attached hydrogen (secondary N) is 1. The quantitative estimate of drug-likeness (QED) is 0.796. The van der Waals surface area contributed by atoms with E-state index in [1.807, 2.05) is 39.8 Å². The minimum absolute atomic E-state index is 0.379. The molecule has 2 rings (SSSR count). The zero-order chi connectivity index (χ0) is 16.3. The molecule has 0 aliphatic rings. The van der Waals surface area contributed by atoms with Crippen molar-refractivity contribution in [2.45, 2.75) is 33.3 Å². The van der Waals surface area contributed by atoms with Gasteiger partial charge in [-0.15, -0.1) is 11.3 Å². The monoisotopic (exact) mass is 386 g/mol. The molecule has 0 fully saturated rings. The number of hydrogen-bond donors (Lipinski definition) is 1. The number of aryl methyl sites for hydroxylation is 1. The molecule has 2 aromatic rings. The SMILES string of the molecule is Cc1cc(OCCNC(=O)OC(C)(C)C)cc2sc(Br)nc12. The highest BCUT2D eigenvalue weighted by molar-refractivity contribution is 9.11. The van der Waals surface area contributed by atoms with Crippen molar-refractivity contribution in [2.75, 3.05) is 13.2 Å². The van der Waals surface area contributed by atoms with Gasteiger partial charge in [0.05, 0.1) is 16.8 Å². The van der Waals surface area contributed by atoms with E-state index in [1.165, 1.54) is 0 Å². The van der Waals surface area contributed by atoms with Gasteiger partial charge in [-0.1, -0.05) is 0 Å². The average Bonchev–Trinajstić information content (AvgIpc) is 2.74. The van der Waals surface area contributed by atoms with Crippen molar-refractivity contribution >= 4 is 43.6 Å².